The maximum atomic E-state index is 11.2. The molecule has 2 fully saturated rings. The number of ether oxygens (including phenoxy) is 3. The number of hydrogen-bond donors (Lipinski definition) is 3. The number of piperidine rings is 2. The van der Waals surface area contributed by atoms with E-state index in [1.807, 2.05) is 69.6 Å². The standard InChI is InChI=1S/C24H27ClN4O.C21H27ClN4O4/c1-2-30-23-14-18(8-9-22(23)25)17-29-12-10-21(11-13-29)28-24-26-15-20(16-27-24)19-6-4-3-5-7-19;1-3-29-17-9-14(10-18(19(17)22)30-4-2)13-26(16-5-7-23-8-6-16)21-24-11-15(12-25-21)20(27)28/h3-9,14-16,21H,2,10-13,17H2,1H3,(H,26,27,28);9-12,16,23H,3-8,13H2,1-2H3,(H,27,28). The van der Waals surface area contributed by atoms with Crippen LogP contribution >= 0.6 is 23.2 Å². The molecule has 2 aromatic heterocycles. The molecule has 60 heavy (non-hydrogen) atoms. The Bertz CT molecular complexity index is 2070. The first kappa shape index (κ1) is 44.3. The summed E-state index contributed by atoms with van der Waals surface area (Å²) in [5.74, 6) is 2.07. The zero-order chi connectivity index (χ0) is 42.3. The molecule has 0 radical (unpaired) electrons. The summed E-state index contributed by atoms with van der Waals surface area (Å²) in [4.78, 5) is 33.4. The van der Waals surface area contributed by atoms with Crippen LogP contribution in [0.15, 0.2) is 85.5 Å². The summed E-state index contributed by atoms with van der Waals surface area (Å²) in [7, 11) is 0. The molecular weight excluding hydrogens is 803 g/mol. The van der Waals surface area contributed by atoms with E-state index in [4.69, 9.17) is 42.5 Å². The normalized spacial score (nSPS) is 14.8. The second-order valence-electron chi connectivity index (χ2n) is 14.5. The average Bonchev–Trinajstić information content (AvgIpc) is 3.27. The number of nitrogens with one attached hydrogen (secondary N) is 2. The number of carbonyl (C=O) groups is 1. The van der Waals surface area contributed by atoms with Gasteiger partial charge in [0.05, 0.1) is 30.4 Å². The van der Waals surface area contributed by atoms with E-state index in [0.29, 0.717) is 65.8 Å². The van der Waals surface area contributed by atoms with Crippen molar-refractivity contribution in [2.24, 2.45) is 0 Å². The molecule has 4 heterocycles. The molecule has 0 atom stereocenters. The molecule has 3 aromatic carbocycles. The van der Waals surface area contributed by atoms with E-state index in [1.165, 1.54) is 18.0 Å². The third-order valence-corrected chi connectivity index (χ3v) is 11.0. The van der Waals surface area contributed by atoms with Gasteiger partial charge in [-0.25, -0.2) is 24.7 Å². The monoisotopic (exact) mass is 856 g/mol. The fourth-order valence-corrected chi connectivity index (χ4v) is 7.66. The number of aromatic carboxylic acids is 1. The van der Waals surface area contributed by atoms with Crippen molar-refractivity contribution in [2.45, 2.75) is 71.6 Å². The van der Waals surface area contributed by atoms with E-state index in [0.717, 1.165) is 80.8 Å². The zero-order valence-electron chi connectivity index (χ0n) is 34.4. The maximum Gasteiger partial charge on any atom is 0.338 e. The fourth-order valence-electron chi connectivity index (χ4n) is 7.27. The Morgan fingerprint density at radius 2 is 1.38 bits per heavy atom. The molecule has 0 spiro atoms. The van der Waals surface area contributed by atoms with Gasteiger partial charge < -0.3 is 34.9 Å². The van der Waals surface area contributed by atoms with E-state index in [9.17, 15) is 4.79 Å². The molecule has 2 saturated heterocycles. The van der Waals surface area contributed by atoms with Crippen molar-refractivity contribution in [1.82, 2.24) is 30.2 Å². The molecule has 318 valence electrons. The molecule has 0 unspecified atom stereocenters. The number of rotatable bonds is 16. The highest BCUT2D eigenvalue weighted by molar-refractivity contribution is 6.33. The quantitative estimate of drug-likeness (QED) is 0.0871. The van der Waals surface area contributed by atoms with Crippen LogP contribution in [0.1, 0.15) is 67.9 Å². The molecule has 0 aliphatic carbocycles. The van der Waals surface area contributed by atoms with Crippen molar-refractivity contribution < 1.29 is 24.1 Å². The van der Waals surface area contributed by atoms with Crippen LogP contribution in [-0.2, 0) is 13.1 Å². The molecule has 7 rings (SSSR count). The third kappa shape index (κ3) is 12.4. The molecule has 13 nitrogen and oxygen atoms in total. The van der Waals surface area contributed by atoms with E-state index >= 15 is 0 Å². The highest BCUT2D eigenvalue weighted by atomic mass is 35.5. The van der Waals surface area contributed by atoms with Crippen molar-refractivity contribution in [3.05, 3.63) is 112 Å². The number of carboxylic acid groups (broad SMARTS) is 1. The topological polar surface area (TPSA) is 147 Å². The van der Waals surface area contributed by atoms with Crippen molar-refractivity contribution >= 4 is 41.1 Å². The predicted molar refractivity (Wildman–Crippen MR) is 237 cm³/mol. The summed E-state index contributed by atoms with van der Waals surface area (Å²) in [6.07, 6.45) is 10.5. The number of likely N-dealkylation sites (tertiary alicyclic amines) is 1. The third-order valence-electron chi connectivity index (χ3n) is 10.3. The van der Waals surface area contributed by atoms with Gasteiger partial charge in [0.25, 0.3) is 0 Å². The van der Waals surface area contributed by atoms with Crippen LogP contribution in [-0.4, -0.2) is 94.0 Å². The smallest absolute Gasteiger partial charge is 0.338 e. The average molecular weight is 858 g/mol. The lowest BCUT2D eigenvalue weighted by molar-refractivity contribution is 0.0696. The Balaban J connectivity index is 0.000000201. The van der Waals surface area contributed by atoms with Crippen molar-refractivity contribution in [3.63, 3.8) is 0 Å². The van der Waals surface area contributed by atoms with Crippen LogP contribution < -0.4 is 29.7 Å². The summed E-state index contributed by atoms with van der Waals surface area (Å²) in [5.41, 5.74) is 4.41. The molecule has 5 aromatic rings. The number of hydrogen-bond acceptors (Lipinski definition) is 12. The summed E-state index contributed by atoms with van der Waals surface area (Å²) >= 11 is 12.6. The Hall–Kier alpha value is -5.21. The molecule has 0 amide bonds. The van der Waals surface area contributed by atoms with Gasteiger partial charge in [0.2, 0.25) is 11.9 Å². The summed E-state index contributed by atoms with van der Waals surface area (Å²) in [6.45, 7) is 12.7. The minimum atomic E-state index is -1.05. The van der Waals surface area contributed by atoms with E-state index < -0.39 is 5.97 Å². The lowest BCUT2D eigenvalue weighted by Gasteiger charge is -2.35. The van der Waals surface area contributed by atoms with Crippen LogP contribution in [0, 0.1) is 0 Å². The molecule has 0 saturated carbocycles. The highest BCUT2D eigenvalue weighted by Crippen LogP contribution is 2.37. The van der Waals surface area contributed by atoms with Gasteiger partial charge in [-0.2, -0.15) is 0 Å². The molecule has 2 aliphatic heterocycles. The number of anilines is 2. The van der Waals surface area contributed by atoms with Gasteiger partial charge in [0.1, 0.15) is 22.3 Å². The molecule has 15 heteroatoms. The molecular formula is C45H54Cl2N8O5. The Kier molecular flexibility index (Phi) is 16.6. The Morgan fingerprint density at radius 1 is 0.783 bits per heavy atom. The van der Waals surface area contributed by atoms with Crippen LogP contribution in [0.25, 0.3) is 11.1 Å². The Morgan fingerprint density at radius 3 is 1.98 bits per heavy atom. The minimum Gasteiger partial charge on any atom is -0.492 e. The van der Waals surface area contributed by atoms with Gasteiger partial charge in [-0.15, -0.1) is 0 Å². The van der Waals surface area contributed by atoms with Gasteiger partial charge in [0, 0.05) is 68.6 Å². The minimum absolute atomic E-state index is 0.0627. The highest BCUT2D eigenvalue weighted by Gasteiger charge is 2.25. The van der Waals surface area contributed by atoms with Crippen LogP contribution in [0.4, 0.5) is 11.9 Å². The zero-order valence-corrected chi connectivity index (χ0v) is 36.0. The van der Waals surface area contributed by atoms with Gasteiger partial charge >= 0.3 is 5.97 Å². The lowest BCUT2D eigenvalue weighted by Crippen LogP contribution is -2.43. The van der Waals surface area contributed by atoms with Crippen LogP contribution in [0.5, 0.6) is 17.2 Å². The van der Waals surface area contributed by atoms with Gasteiger partial charge in [-0.05, 0) is 100 Å². The fraction of sp³-hybridized carbons (Fsp3) is 0.400. The van der Waals surface area contributed by atoms with Crippen molar-refractivity contribution in [3.8, 4) is 28.4 Å². The lowest BCUT2D eigenvalue weighted by atomic mass is 10.0. The summed E-state index contributed by atoms with van der Waals surface area (Å²) in [6, 6.07) is 20.7. The van der Waals surface area contributed by atoms with Crippen LogP contribution in [0.3, 0.4) is 0 Å². The van der Waals surface area contributed by atoms with Gasteiger partial charge in [-0.3, -0.25) is 4.90 Å². The first-order valence-electron chi connectivity index (χ1n) is 20.6. The van der Waals surface area contributed by atoms with Gasteiger partial charge in [-0.1, -0.05) is 59.6 Å². The van der Waals surface area contributed by atoms with Crippen molar-refractivity contribution in [2.75, 3.05) is 56.2 Å². The first-order valence-corrected chi connectivity index (χ1v) is 21.4. The summed E-state index contributed by atoms with van der Waals surface area (Å²) in [5, 5.41) is 17.1. The van der Waals surface area contributed by atoms with Crippen LogP contribution in [0.2, 0.25) is 10.0 Å². The maximum absolute atomic E-state index is 11.2. The molecule has 0 bridgehead atoms. The number of aromatic nitrogens is 4. The number of halogens is 2. The SMILES string of the molecule is CCOc1cc(CN(c2ncc(C(=O)O)cn2)C2CCNCC2)cc(OCC)c1Cl.CCOc1cc(CN2CCC(Nc3ncc(-c4ccccc4)cn3)CC2)ccc1Cl. The first-order chi connectivity index (χ1) is 29.2. The summed E-state index contributed by atoms with van der Waals surface area (Å²) < 4.78 is 17.0. The second-order valence-corrected chi connectivity index (χ2v) is 15.3. The number of carboxylic acids is 1. The molecule has 2 aliphatic rings. The Labute approximate surface area is 362 Å². The van der Waals surface area contributed by atoms with Crippen molar-refractivity contribution in [1.29, 1.82) is 0 Å². The van der Waals surface area contributed by atoms with E-state index in [1.54, 1.807) is 0 Å². The number of nitrogens with zero attached hydrogens (tertiary/aromatic N) is 6. The van der Waals surface area contributed by atoms with E-state index in [-0.39, 0.29) is 11.6 Å². The number of benzene rings is 3. The van der Waals surface area contributed by atoms with Gasteiger partial charge in [0.15, 0.2) is 0 Å². The molecule has 3 N–H and O–H groups in total. The largest absolute Gasteiger partial charge is 0.492 e. The predicted octanol–water partition coefficient (Wildman–Crippen LogP) is 8.66. The van der Waals surface area contributed by atoms with E-state index in [2.05, 4.69) is 64.6 Å². The second kappa shape index (κ2) is 22.4.